The summed E-state index contributed by atoms with van der Waals surface area (Å²) in [5.41, 5.74) is 2.17. The second-order valence-corrected chi connectivity index (χ2v) is 8.51. The van der Waals surface area contributed by atoms with E-state index < -0.39 is 0 Å². The number of aryl methyl sites for hydroxylation is 1. The van der Waals surface area contributed by atoms with Crippen LogP contribution in [0.4, 0.5) is 0 Å². The lowest BCUT2D eigenvalue weighted by molar-refractivity contribution is 0.00166. The summed E-state index contributed by atoms with van der Waals surface area (Å²) in [6.07, 6.45) is 2.51. The predicted octanol–water partition coefficient (Wildman–Crippen LogP) is 2.45. The average Bonchev–Trinajstić information content (AvgIpc) is 3.40. The fourth-order valence-electron chi connectivity index (χ4n) is 5.10. The topological polar surface area (TPSA) is 67.6 Å². The van der Waals surface area contributed by atoms with E-state index in [0.717, 1.165) is 44.0 Å². The van der Waals surface area contributed by atoms with Gasteiger partial charge in [-0.2, -0.15) is 0 Å². The van der Waals surface area contributed by atoms with Gasteiger partial charge in [-0.05, 0) is 31.9 Å². The Morgan fingerprint density at radius 3 is 3.19 bits per heavy atom. The summed E-state index contributed by atoms with van der Waals surface area (Å²) in [7, 11) is 0. The maximum absolute atomic E-state index is 12.2. The number of furan rings is 1. The Hall–Kier alpha value is -1.70. The monoisotopic (exact) mass is 373 g/mol. The van der Waals surface area contributed by atoms with Crippen LogP contribution in [0.5, 0.6) is 0 Å². The van der Waals surface area contributed by atoms with E-state index in [2.05, 4.69) is 21.3 Å². The Balaban J connectivity index is 1.25. The van der Waals surface area contributed by atoms with Gasteiger partial charge < -0.3 is 14.5 Å². The Labute approximate surface area is 156 Å². The molecule has 26 heavy (non-hydrogen) atoms. The van der Waals surface area contributed by atoms with Gasteiger partial charge in [0.2, 0.25) is 0 Å². The van der Waals surface area contributed by atoms with Gasteiger partial charge in [-0.15, -0.1) is 11.3 Å². The highest BCUT2D eigenvalue weighted by Crippen LogP contribution is 2.54. The molecule has 7 heteroatoms. The van der Waals surface area contributed by atoms with E-state index in [1.54, 1.807) is 10.9 Å². The van der Waals surface area contributed by atoms with Gasteiger partial charge in [-0.25, -0.2) is 4.98 Å². The zero-order valence-electron chi connectivity index (χ0n) is 14.8. The van der Waals surface area contributed by atoms with Crippen molar-refractivity contribution in [2.75, 3.05) is 19.6 Å². The smallest absolute Gasteiger partial charge is 0.270 e. The summed E-state index contributed by atoms with van der Waals surface area (Å²) in [5.74, 6) is 2.76. The lowest BCUT2D eigenvalue weighted by atomic mass is 9.73. The molecule has 2 aromatic heterocycles. The zero-order valence-corrected chi connectivity index (χ0v) is 15.6. The van der Waals surface area contributed by atoms with E-state index in [-0.39, 0.29) is 17.6 Å². The highest BCUT2D eigenvalue weighted by molar-refractivity contribution is 7.07. The number of thiazole rings is 1. The van der Waals surface area contributed by atoms with Gasteiger partial charge >= 0.3 is 0 Å². The summed E-state index contributed by atoms with van der Waals surface area (Å²) in [5, 5.41) is 4.87. The van der Waals surface area contributed by atoms with E-state index in [4.69, 9.17) is 9.15 Å². The molecule has 5 rings (SSSR count). The van der Waals surface area contributed by atoms with Crippen molar-refractivity contribution in [1.82, 2.24) is 15.2 Å². The molecule has 1 spiro atoms. The quantitative estimate of drug-likeness (QED) is 0.872. The molecule has 6 nitrogen and oxygen atoms in total. The first-order valence-electron chi connectivity index (χ1n) is 9.25. The van der Waals surface area contributed by atoms with Crippen molar-refractivity contribution < 1.29 is 13.9 Å². The minimum atomic E-state index is -0.0796. The lowest BCUT2D eigenvalue weighted by Crippen LogP contribution is -2.42. The average molecular weight is 373 g/mol. The first-order chi connectivity index (χ1) is 12.6. The Morgan fingerprint density at radius 2 is 2.42 bits per heavy atom. The fraction of sp³-hybridized carbons (Fsp3) is 0.579. The molecular weight excluding hydrogens is 350 g/mol. The van der Waals surface area contributed by atoms with Crippen LogP contribution >= 0.6 is 11.3 Å². The molecule has 1 amide bonds. The van der Waals surface area contributed by atoms with E-state index in [9.17, 15) is 4.79 Å². The van der Waals surface area contributed by atoms with Crippen molar-refractivity contribution in [3.8, 4) is 0 Å². The van der Waals surface area contributed by atoms with Crippen LogP contribution in [-0.2, 0) is 11.3 Å². The molecule has 3 aliphatic heterocycles. The Bertz CT molecular complexity index is 805. The summed E-state index contributed by atoms with van der Waals surface area (Å²) < 4.78 is 12.2. The van der Waals surface area contributed by atoms with Gasteiger partial charge in [-0.3, -0.25) is 9.69 Å². The predicted molar refractivity (Wildman–Crippen MR) is 97.0 cm³/mol. The van der Waals surface area contributed by atoms with Crippen molar-refractivity contribution in [2.45, 2.75) is 38.0 Å². The molecule has 0 unspecified atom stereocenters. The van der Waals surface area contributed by atoms with Crippen LogP contribution in [-0.4, -0.2) is 47.1 Å². The van der Waals surface area contributed by atoms with E-state index in [1.807, 2.05) is 13.0 Å². The molecule has 0 radical (unpaired) electrons. The molecule has 0 aromatic carbocycles. The zero-order chi connectivity index (χ0) is 17.7. The molecule has 4 atom stereocenters. The largest absolute Gasteiger partial charge is 0.465 e. The van der Waals surface area contributed by atoms with Crippen molar-refractivity contribution in [2.24, 2.45) is 11.8 Å². The van der Waals surface area contributed by atoms with Crippen LogP contribution in [0.15, 0.2) is 27.4 Å². The summed E-state index contributed by atoms with van der Waals surface area (Å²) >= 11 is 1.44. The number of hydrogen-bond donors (Lipinski definition) is 1. The highest BCUT2D eigenvalue weighted by Gasteiger charge is 2.62. The van der Waals surface area contributed by atoms with Gasteiger partial charge in [0, 0.05) is 36.9 Å². The number of carbonyl (C=O) groups excluding carboxylic acids is 1. The highest BCUT2D eigenvalue weighted by atomic mass is 32.1. The van der Waals surface area contributed by atoms with E-state index in [0.29, 0.717) is 24.1 Å². The number of nitrogens with zero attached hydrogens (tertiary/aromatic N) is 2. The molecule has 2 bridgehead atoms. The minimum Gasteiger partial charge on any atom is -0.465 e. The second kappa shape index (κ2) is 6.18. The van der Waals surface area contributed by atoms with Crippen LogP contribution in [0.25, 0.3) is 0 Å². The third kappa shape index (κ3) is 2.69. The van der Waals surface area contributed by atoms with Gasteiger partial charge in [-0.1, -0.05) is 0 Å². The third-order valence-corrected chi connectivity index (χ3v) is 6.78. The van der Waals surface area contributed by atoms with Gasteiger partial charge in [0.05, 0.1) is 23.8 Å². The van der Waals surface area contributed by atoms with Crippen LogP contribution in [0, 0.1) is 18.8 Å². The van der Waals surface area contributed by atoms with Crippen LogP contribution < -0.4 is 5.32 Å². The summed E-state index contributed by atoms with van der Waals surface area (Å²) in [6, 6.07) is 4.08. The number of ether oxygens (including phenoxy) is 1. The fourth-order valence-corrected chi connectivity index (χ4v) is 5.63. The first-order valence-corrected chi connectivity index (χ1v) is 10.2. The maximum atomic E-state index is 12.2. The van der Waals surface area contributed by atoms with Gasteiger partial charge in [0.25, 0.3) is 5.91 Å². The standard InChI is InChI=1S/C19H23N3O3S/c1-12-2-3-13(24-12)7-22-8-15-14(17-4-5-19(15,10-22)25-17)6-20-18(23)16-9-26-11-21-16/h2-3,9,11,14-15,17H,4-8,10H2,1H3,(H,20,23)/t14-,15+,17+,19+/m0/s1. The van der Waals surface area contributed by atoms with Gasteiger partial charge in [0.15, 0.2) is 0 Å². The van der Waals surface area contributed by atoms with Gasteiger partial charge in [0.1, 0.15) is 17.2 Å². The number of likely N-dealkylation sites (tertiary alicyclic amines) is 1. The minimum absolute atomic E-state index is 0.0255. The number of aromatic nitrogens is 1. The lowest BCUT2D eigenvalue weighted by Gasteiger charge is -2.29. The Kier molecular flexibility index (Phi) is 3.92. The number of fused-ring (bicyclic) bond motifs is 1. The van der Waals surface area contributed by atoms with Crippen LogP contribution in [0.1, 0.15) is 34.9 Å². The van der Waals surface area contributed by atoms with E-state index in [1.165, 1.54) is 11.3 Å². The molecule has 0 aliphatic carbocycles. The molecular formula is C19H23N3O3S. The molecule has 0 saturated carbocycles. The number of hydrogen-bond acceptors (Lipinski definition) is 6. The molecule has 5 heterocycles. The first kappa shape index (κ1) is 16.5. The molecule has 3 saturated heterocycles. The Morgan fingerprint density at radius 1 is 1.50 bits per heavy atom. The number of carbonyl (C=O) groups is 1. The molecule has 1 N–H and O–H groups in total. The van der Waals surface area contributed by atoms with E-state index >= 15 is 0 Å². The molecule has 3 aliphatic rings. The van der Waals surface area contributed by atoms with Crippen LogP contribution in [0.3, 0.4) is 0 Å². The van der Waals surface area contributed by atoms with Crippen molar-refractivity contribution in [3.63, 3.8) is 0 Å². The number of nitrogens with one attached hydrogen (secondary N) is 1. The third-order valence-electron chi connectivity index (χ3n) is 6.19. The van der Waals surface area contributed by atoms with Crippen molar-refractivity contribution >= 4 is 17.2 Å². The second-order valence-electron chi connectivity index (χ2n) is 7.80. The number of rotatable bonds is 5. The van der Waals surface area contributed by atoms with Crippen molar-refractivity contribution in [3.05, 3.63) is 40.2 Å². The normalized spacial score (nSPS) is 32.9. The summed E-state index contributed by atoms with van der Waals surface area (Å²) in [4.78, 5) is 18.8. The number of amides is 1. The summed E-state index contributed by atoms with van der Waals surface area (Å²) in [6.45, 7) is 5.45. The maximum Gasteiger partial charge on any atom is 0.270 e. The van der Waals surface area contributed by atoms with Crippen molar-refractivity contribution in [1.29, 1.82) is 0 Å². The molecule has 138 valence electrons. The molecule has 3 fully saturated rings. The van der Waals surface area contributed by atoms with Crippen LogP contribution in [0.2, 0.25) is 0 Å². The SMILES string of the molecule is Cc1ccc(CN2C[C@@H]3[C@H](CNC(=O)c4cscn4)[C@H]4CC[C@]3(C2)O4)o1. The molecule has 2 aromatic rings.